The molecule has 0 radical (unpaired) electrons. The number of rotatable bonds is 7. The molecule has 148 valence electrons. The van der Waals surface area contributed by atoms with Crippen molar-refractivity contribution in [3.63, 3.8) is 0 Å². The molecule has 0 spiro atoms. The van der Waals surface area contributed by atoms with Crippen molar-refractivity contribution in [3.05, 3.63) is 83.7 Å². The quantitative estimate of drug-likeness (QED) is 0.405. The van der Waals surface area contributed by atoms with Crippen LogP contribution in [0.3, 0.4) is 0 Å². The molecule has 8 heteroatoms. The van der Waals surface area contributed by atoms with Crippen LogP contribution in [0.4, 0.5) is 0 Å². The van der Waals surface area contributed by atoms with E-state index in [4.69, 9.17) is 8.92 Å². The third-order valence-electron chi connectivity index (χ3n) is 4.37. The zero-order valence-corrected chi connectivity index (χ0v) is 17.2. The highest BCUT2D eigenvalue weighted by Gasteiger charge is 2.20. The lowest BCUT2D eigenvalue weighted by Gasteiger charge is -2.13. The van der Waals surface area contributed by atoms with Gasteiger partial charge < -0.3 is 4.74 Å². The summed E-state index contributed by atoms with van der Waals surface area (Å²) in [4.78, 5) is 4.64. The largest absolute Gasteiger partial charge is 0.472 e. The SMILES string of the molecule is Cc1nc(OCc2ccccc2)c(COS(=O)(=O)c2ccccc2)c2sncc12. The number of benzene rings is 2. The molecule has 4 aromatic rings. The molecular formula is C21H18N2O4S2. The highest BCUT2D eigenvalue weighted by molar-refractivity contribution is 7.86. The summed E-state index contributed by atoms with van der Waals surface area (Å²) in [6, 6.07) is 17.7. The smallest absolute Gasteiger partial charge is 0.297 e. The fourth-order valence-corrected chi connectivity index (χ4v) is 4.57. The number of hydrogen-bond acceptors (Lipinski definition) is 7. The molecule has 6 nitrogen and oxygen atoms in total. The Morgan fingerprint density at radius 2 is 1.66 bits per heavy atom. The van der Waals surface area contributed by atoms with Gasteiger partial charge in [-0.05, 0) is 36.2 Å². The molecule has 2 heterocycles. The Kier molecular flexibility index (Phi) is 5.57. The van der Waals surface area contributed by atoms with E-state index in [9.17, 15) is 8.42 Å². The molecule has 0 saturated heterocycles. The molecule has 0 fully saturated rings. The Labute approximate surface area is 173 Å². The van der Waals surface area contributed by atoms with E-state index in [1.54, 1.807) is 24.4 Å². The number of hydrogen-bond donors (Lipinski definition) is 0. The third-order valence-corrected chi connectivity index (χ3v) is 6.51. The van der Waals surface area contributed by atoms with Crippen LogP contribution in [0.1, 0.15) is 16.8 Å². The molecule has 2 aromatic heterocycles. The first-order valence-electron chi connectivity index (χ1n) is 8.89. The first-order valence-corrected chi connectivity index (χ1v) is 11.1. The van der Waals surface area contributed by atoms with Crippen LogP contribution >= 0.6 is 11.5 Å². The lowest BCUT2D eigenvalue weighted by molar-refractivity contribution is 0.269. The molecule has 0 bridgehead atoms. The fraction of sp³-hybridized carbons (Fsp3) is 0.143. The highest BCUT2D eigenvalue weighted by Crippen LogP contribution is 2.32. The van der Waals surface area contributed by atoms with Crippen LogP contribution in [0, 0.1) is 6.92 Å². The third kappa shape index (κ3) is 4.29. The fourth-order valence-electron chi connectivity index (χ4n) is 2.86. The first kappa shape index (κ1) is 19.5. The summed E-state index contributed by atoms with van der Waals surface area (Å²) in [7, 11) is -3.90. The minimum atomic E-state index is -3.90. The summed E-state index contributed by atoms with van der Waals surface area (Å²) in [6.45, 7) is 2.00. The highest BCUT2D eigenvalue weighted by atomic mass is 32.2. The molecule has 0 aliphatic carbocycles. The Morgan fingerprint density at radius 1 is 0.966 bits per heavy atom. The average Bonchev–Trinajstić information content (AvgIpc) is 3.24. The van der Waals surface area contributed by atoms with Crippen LogP contribution in [-0.2, 0) is 27.5 Å². The Bertz CT molecular complexity index is 1220. The molecule has 0 aliphatic rings. The maximum atomic E-state index is 12.5. The molecule has 0 atom stereocenters. The average molecular weight is 427 g/mol. The van der Waals surface area contributed by atoms with E-state index in [1.165, 1.54) is 23.7 Å². The predicted molar refractivity (Wildman–Crippen MR) is 111 cm³/mol. The van der Waals surface area contributed by atoms with Crippen molar-refractivity contribution < 1.29 is 17.3 Å². The van der Waals surface area contributed by atoms with E-state index in [-0.39, 0.29) is 11.5 Å². The number of nitrogens with zero attached hydrogens (tertiary/aromatic N) is 2. The van der Waals surface area contributed by atoms with E-state index in [0.717, 1.165) is 21.3 Å². The number of aryl methyl sites for hydroxylation is 1. The Balaban J connectivity index is 1.65. The van der Waals surface area contributed by atoms with Gasteiger partial charge in [0.25, 0.3) is 10.1 Å². The van der Waals surface area contributed by atoms with Gasteiger partial charge in [0.1, 0.15) is 6.61 Å². The van der Waals surface area contributed by atoms with Gasteiger partial charge in [-0.25, -0.2) is 4.98 Å². The second kappa shape index (κ2) is 8.28. The van der Waals surface area contributed by atoms with Crippen molar-refractivity contribution in [2.24, 2.45) is 0 Å². The molecule has 0 saturated carbocycles. The predicted octanol–water partition coefficient (Wildman–Crippen LogP) is 4.48. The number of pyridine rings is 1. The molecule has 4 rings (SSSR count). The van der Waals surface area contributed by atoms with Gasteiger partial charge in [0.05, 0.1) is 33.7 Å². The van der Waals surface area contributed by atoms with Crippen molar-refractivity contribution in [1.29, 1.82) is 0 Å². The van der Waals surface area contributed by atoms with Crippen LogP contribution < -0.4 is 4.74 Å². The number of ether oxygens (including phenoxy) is 1. The Hall–Kier alpha value is -2.81. The summed E-state index contributed by atoms with van der Waals surface area (Å²) in [5.74, 6) is 0.353. The van der Waals surface area contributed by atoms with Gasteiger partial charge in [-0.3, -0.25) is 4.18 Å². The standard InChI is InChI=1S/C21H18N2O4S2/c1-15-18-12-22-28-20(18)19(14-27-29(24,25)17-10-6-3-7-11-17)21(23-15)26-13-16-8-4-2-5-9-16/h2-12H,13-14H2,1H3. The van der Waals surface area contributed by atoms with Gasteiger partial charge in [-0.15, -0.1) is 0 Å². The van der Waals surface area contributed by atoms with Gasteiger partial charge in [-0.2, -0.15) is 12.8 Å². The molecule has 2 aromatic carbocycles. The molecule has 0 N–H and O–H groups in total. The maximum absolute atomic E-state index is 12.5. The summed E-state index contributed by atoms with van der Waals surface area (Å²) < 4.78 is 41.4. The molecule has 29 heavy (non-hydrogen) atoms. The summed E-state index contributed by atoms with van der Waals surface area (Å²) in [6.07, 6.45) is 1.72. The normalized spacial score (nSPS) is 11.6. The maximum Gasteiger partial charge on any atom is 0.297 e. The second-order valence-corrected chi connectivity index (χ2v) is 8.77. The van der Waals surface area contributed by atoms with Gasteiger partial charge >= 0.3 is 0 Å². The second-order valence-electron chi connectivity index (χ2n) is 6.35. The van der Waals surface area contributed by atoms with E-state index >= 15 is 0 Å². The van der Waals surface area contributed by atoms with Gasteiger partial charge in [-0.1, -0.05) is 48.5 Å². The number of fused-ring (bicyclic) bond motifs is 1. The molecule has 0 aliphatic heterocycles. The number of aromatic nitrogens is 2. The molecule has 0 amide bonds. The van der Waals surface area contributed by atoms with Crippen molar-refractivity contribution in [2.75, 3.05) is 0 Å². The zero-order chi connectivity index (χ0) is 20.3. The Morgan fingerprint density at radius 3 is 2.38 bits per heavy atom. The summed E-state index contributed by atoms with van der Waals surface area (Å²) >= 11 is 1.27. The van der Waals surface area contributed by atoms with Crippen molar-refractivity contribution in [2.45, 2.75) is 25.0 Å². The van der Waals surface area contributed by atoms with Crippen LogP contribution in [0.5, 0.6) is 5.88 Å². The van der Waals surface area contributed by atoms with Gasteiger partial charge in [0.15, 0.2) is 0 Å². The van der Waals surface area contributed by atoms with E-state index in [0.29, 0.717) is 18.1 Å². The van der Waals surface area contributed by atoms with Crippen LogP contribution in [0.15, 0.2) is 71.8 Å². The van der Waals surface area contributed by atoms with Crippen LogP contribution in [-0.4, -0.2) is 17.8 Å². The van der Waals surface area contributed by atoms with Crippen molar-refractivity contribution in [1.82, 2.24) is 9.36 Å². The van der Waals surface area contributed by atoms with E-state index in [2.05, 4.69) is 9.36 Å². The van der Waals surface area contributed by atoms with Crippen molar-refractivity contribution in [3.8, 4) is 5.88 Å². The van der Waals surface area contributed by atoms with Crippen LogP contribution in [0.25, 0.3) is 10.1 Å². The first-order chi connectivity index (χ1) is 14.0. The van der Waals surface area contributed by atoms with E-state index in [1.807, 2.05) is 37.3 Å². The lowest BCUT2D eigenvalue weighted by Crippen LogP contribution is -2.09. The lowest BCUT2D eigenvalue weighted by atomic mass is 10.2. The minimum absolute atomic E-state index is 0.104. The molecular weight excluding hydrogens is 408 g/mol. The van der Waals surface area contributed by atoms with Crippen LogP contribution in [0.2, 0.25) is 0 Å². The molecule has 0 unspecified atom stereocenters. The van der Waals surface area contributed by atoms with Crippen molar-refractivity contribution >= 4 is 31.7 Å². The topological polar surface area (TPSA) is 78.4 Å². The minimum Gasteiger partial charge on any atom is -0.472 e. The summed E-state index contributed by atoms with van der Waals surface area (Å²) in [5, 5.41) is 0.859. The van der Waals surface area contributed by atoms with Gasteiger partial charge in [0.2, 0.25) is 5.88 Å². The van der Waals surface area contributed by atoms with E-state index < -0.39 is 10.1 Å². The monoisotopic (exact) mass is 426 g/mol. The van der Waals surface area contributed by atoms with Gasteiger partial charge in [0, 0.05) is 5.39 Å². The zero-order valence-electron chi connectivity index (χ0n) is 15.6. The summed E-state index contributed by atoms with van der Waals surface area (Å²) in [5.41, 5.74) is 2.33.